The zero-order valence-electron chi connectivity index (χ0n) is 12.2. The van der Waals surface area contributed by atoms with E-state index < -0.39 is 5.97 Å². The summed E-state index contributed by atoms with van der Waals surface area (Å²) < 4.78 is 0. The normalized spacial score (nSPS) is 10.0. The van der Waals surface area contributed by atoms with Crippen molar-refractivity contribution in [2.45, 2.75) is 25.3 Å². The number of nitrogens with zero attached hydrogens (tertiary/aromatic N) is 3. The number of carbonyl (C=O) groups is 2. The number of carbonyl (C=O) groups excluding carboxylic acids is 1. The Balaban J connectivity index is 2.82. The maximum absolute atomic E-state index is 11.9. The number of carboxylic acid groups (broad SMARTS) is 1. The third kappa shape index (κ3) is 4.76. The molecule has 0 aliphatic carbocycles. The maximum Gasteiger partial charge on any atom is 0.338 e. The Morgan fingerprint density at radius 2 is 2.14 bits per heavy atom. The van der Waals surface area contributed by atoms with Gasteiger partial charge in [0.2, 0.25) is 5.91 Å². The van der Waals surface area contributed by atoms with Crippen LogP contribution >= 0.6 is 11.8 Å². The minimum atomic E-state index is -1.05. The molecule has 0 aromatic carbocycles. The second-order valence-electron chi connectivity index (χ2n) is 4.58. The van der Waals surface area contributed by atoms with Crippen LogP contribution in [-0.4, -0.2) is 46.2 Å². The minimum Gasteiger partial charge on any atom is -0.478 e. The van der Waals surface area contributed by atoms with Gasteiger partial charge in [-0.15, -0.1) is 0 Å². The predicted octanol–water partition coefficient (Wildman–Crippen LogP) is 1.86. The van der Waals surface area contributed by atoms with Crippen LogP contribution in [0.5, 0.6) is 0 Å². The number of thioether (sulfide) groups is 1. The second kappa shape index (κ2) is 7.64. The molecule has 0 aliphatic heterocycles. The summed E-state index contributed by atoms with van der Waals surface area (Å²) in [6.07, 6.45) is 0.273. The van der Waals surface area contributed by atoms with Crippen molar-refractivity contribution in [2.75, 3.05) is 19.3 Å². The fraction of sp³-hybridized carbons (Fsp3) is 0.429. The fourth-order valence-electron chi connectivity index (χ4n) is 1.75. The van der Waals surface area contributed by atoms with Crippen LogP contribution in [0.15, 0.2) is 11.1 Å². The molecule has 0 radical (unpaired) electrons. The lowest BCUT2D eigenvalue weighted by atomic mass is 10.1. The van der Waals surface area contributed by atoms with Gasteiger partial charge < -0.3 is 10.0 Å². The summed E-state index contributed by atoms with van der Waals surface area (Å²) in [5.74, 6) is -1.11. The van der Waals surface area contributed by atoms with E-state index in [1.165, 1.54) is 4.90 Å². The van der Waals surface area contributed by atoms with E-state index in [1.54, 1.807) is 27.0 Å². The molecule has 0 fully saturated rings. The molecule has 7 heteroatoms. The van der Waals surface area contributed by atoms with Crippen LogP contribution in [0.1, 0.15) is 28.0 Å². The molecule has 0 atom stereocenters. The molecule has 1 aromatic rings. The van der Waals surface area contributed by atoms with Gasteiger partial charge in [-0.25, -0.2) is 9.78 Å². The fourth-order valence-corrected chi connectivity index (χ4v) is 2.83. The number of aryl methyl sites for hydroxylation is 2. The molecule has 1 aromatic heterocycles. The van der Waals surface area contributed by atoms with Gasteiger partial charge in [-0.3, -0.25) is 4.79 Å². The highest BCUT2D eigenvalue weighted by Crippen LogP contribution is 2.24. The first-order chi connectivity index (χ1) is 9.86. The van der Waals surface area contributed by atoms with Crippen LogP contribution in [-0.2, 0) is 4.79 Å². The van der Waals surface area contributed by atoms with Gasteiger partial charge in [0.1, 0.15) is 5.03 Å². The number of hydrogen-bond acceptors (Lipinski definition) is 5. The predicted molar refractivity (Wildman–Crippen MR) is 79.3 cm³/mol. The number of amides is 1. The zero-order valence-corrected chi connectivity index (χ0v) is 13.0. The number of nitriles is 1. The summed E-state index contributed by atoms with van der Waals surface area (Å²) >= 11 is 1.11. The van der Waals surface area contributed by atoms with Crippen molar-refractivity contribution in [3.63, 3.8) is 0 Å². The summed E-state index contributed by atoms with van der Waals surface area (Å²) in [4.78, 5) is 28.8. The molecule has 21 heavy (non-hydrogen) atoms. The molecule has 1 N–H and O–H groups in total. The standard InChI is InChI=1S/C14H17N3O3S/c1-9-7-10(2)16-13(12(9)14(19)20)21-8-11(18)17(3)6-4-5-15/h7H,4,6,8H2,1-3H3,(H,19,20). The average Bonchev–Trinajstić information content (AvgIpc) is 2.40. The Hall–Kier alpha value is -2.07. The number of hydrogen-bond donors (Lipinski definition) is 1. The molecule has 6 nitrogen and oxygen atoms in total. The lowest BCUT2D eigenvalue weighted by molar-refractivity contribution is -0.127. The number of aromatic nitrogens is 1. The highest BCUT2D eigenvalue weighted by atomic mass is 32.2. The molecule has 1 heterocycles. The van der Waals surface area contributed by atoms with Gasteiger partial charge in [-0.1, -0.05) is 11.8 Å². The topological polar surface area (TPSA) is 94.3 Å². The summed E-state index contributed by atoms with van der Waals surface area (Å²) in [6, 6.07) is 3.68. The molecule has 0 spiro atoms. The van der Waals surface area contributed by atoms with Crippen molar-refractivity contribution >= 4 is 23.6 Å². The Kier molecular flexibility index (Phi) is 6.18. The van der Waals surface area contributed by atoms with Crippen LogP contribution in [0, 0.1) is 25.2 Å². The molecule has 1 rings (SSSR count). The molecule has 1 amide bonds. The molecule has 112 valence electrons. The van der Waals surface area contributed by atoms with E-state index in [2.05, 4.69) is 4.98 Å². The first-order valence-electron chi connectivity index (χ1n) is 6.32. The van der Waals surface area contributed by atoms with E-state index in [-0.39, 0.29) is 23.6 Å². The number of aromatic carboxylic acids is 1. The summed E-state index contributed by atoms with van der Waals surface area (Å²) in [6.45, 7) is 3.86. The highest BCUT2D eigenvalue weighted by Gasteiger charge is 2.18. The van der Waals surface area contributed by atoms with Gasteiger partial charge in [0, 0.05) is 19.3 Å². The summed E-state index contributed by atoms with van der Waals surface area (Å²) in [7, 11) is 1.62. The lowest BCUT2D eigenvalue weighted by Gasteiger charge is -2.15. The van der Waals surface area contributed by atoms with E-state index >= 15 is 0 Å². The second-order valence-corrected chi connectivity index (χ2v) is 5.54. The first-order valence-corrected chi connectivity index (χ1v) is 7.30. The molecule has 0 saturated carbocycles. The van der Waals surface area contributed by atoms with Crippen molar-refractivity contribution in [1.82, 2.24) is 9.88 Å². The largest absolute Gasteiger partial charge is 0.478 e. The van der Waals surface area contributed by atoms with Gasteiger partial charge in [0.05, 0.1) is 23.8 Å². The zero-order chi connectivity index (χ0) is 16.0. The third-order valence-electron chi connectivity index (χ3n) is 2.84. The Bertz CT molecular complexity index is 596. The van der Waals surface area contributed by atoms with Crippen molar-refractivity contribution in [1.29, 1.82) is 5.26 Å². The molecule has 0 unspecified atom stereocenters. The van der Waals surface area contributed by atoms with Crippen molar-refractivity contribution in [3.05, 3.63) is 22.9 Å². The molecule has 0 bridgehead atoms. The van der Waals surface area contributed by atoms with Crippen LogP contribution in [0.2, 0.25) is 0 Å². The van der Waals surface area contributed by atoms with Gasteiger partial charge in [-0.05, 0) is 25.5 Å². The van der Waals surface area contributed by atoms with Crippen LogP contribution < -0.4 is 0 Å². The number of carboxylic acids is 1. The van der Waals surface area contributed by atoms with Crippen LogP contribution in [0.4, 0.5) is 0 Å². The number of rotatable bonds is 6. The van der Waals surface area contributed by atoms with E-state index in [4.69, 9.17) is 5.26 Å². The SMILES string of the molecule is Cc1cc(C)c(C(=O)O)c(SCC(=O)N(C)CCC#N)n1. The van der Waals surface area contributed by atoms with E-state index in [0.29, 0.717) is 22.8 Å². The monoisotopic (exact) mass is 307 g/mol. The quantitative estimate of drug-likeness (QED) is 0.806. The number of pyridine rings is 1. The van der Waals surface area contributed by atoms with Gasteiger partial charge in [-0.2, -0.15) is 5.26 Å². The summed E-state index contributed by atoms with van der Waals surface area (Å²) in [5.41, 5.74) is 1.48. The molecule has 0 saturated heterocycles. The Morgan fingerprint density at radius 3 is 2.71 bits per heavy atom. The maximum atomic E-state index is 11.9. The van der Waals surface area contributed by atoms with Crippen LogP contribution in [0.25, 0.3) is 0 Å². The van der Waals surface area contributed by atoms with E-state index in [0.717, 1.165) is 11.8 Å². The average molecular weight is 307 g/mol. The van der Waals surface area contributed by atoms with E-state index in [9.17, 15) is 14.7 Å². The smallest absolute Gasteiger partial charge is 0.338 e. The first kappa shape index (κ1) is 17.0. The minimum absolute atomic E-state index is 0.0953. The van der Waals surface area contributed by atoms with Crippen molar-refractivity contribution in [2.24, 2.45) is 0 Å². The molecule has 0 aliphatic rings. The van der Waals surface area contributed by atoms with Crippen LogP contribution in [0.3, 0.4) is 0 Å². The molecular weight excluding hydrogens is 290 g/mol. The Morgan fingerprint density at radius 1 is 1.48 bits per heavy atom. The van der Waals surface area contributed by atoms with Gasteiger partial charge in [0.25, 0.3) is 0 Å². The lowest BCUT2D eigenvalue weighted by Crippen LogP contribution is -2.29. The summed E-state index contributed by atoms with van der Waals surface area (Å²) in [5, 5.41) is 18.1. The van der Waals surface area contributed by atoms with Crippen molar-refractivity contribution < 1.29 is 14.7 Å². The van der Waals surface area contributed by atoms with Gasteiger partial charge in [0.15, 0.2) is 0 Å². The Labute approximate surface area is 127 Å². The van der Waals surface area contributed by atoms with Crippen molar-refractivity contribution in [3.8, 4) is 6.07 Å². The van der Waals surface area contributed by atoms with Gasteiger partial charge >= 0.3 is 5.97 Å². The molecular formula is C14H17N3O3S. The third-order valence-corrected chi connectivity index (χ3v) is 3.80. The van der Waals surface area contributed by atoms with E-state index in [1.807, 2.05) is 6.07 Å². The highest BCUT2D eigenvalue weighted by molar-refractivity contribution is 8.00.